The van der Waals surface area contributed by atoms with Gasteiger partial charge in [-0.05, 0) is 13.3 Å². The zero-order valence-electron chi connectivity index (χ0n) is 10.2. The molecule has 2 unspecified atom stereocenters. The summed E-state index contributed by atoms with van der Waals surface area (Å²) in [5.41, 5.74) is 0.120. The van der Waals surface area contributed by atoms with Crippen molar-refractivity contribution in [1.82, 2.24) is 14.7 Å². The third-order valence-corrected chi connectivity index (χ3v) is 3.31. The molecule has 1 aromatic rings. The quantitative estimate of drug-likeness (QED) is 0.647. The topological polar surface area (TPSA) is 102 Å². The first-order chi connectivity index (χ1) is 8.91. The van der Waals surface area contributed by atoms with Crippen LogP contribution < -0.4 is 0 Å². The van der Waals surface area contributed by atoms with Gasteiger partial charge in [-0.2, -0.15) is 5.10 Å². The Morgan fingerprint density at radius 2 is 2.37 bits per heavy atom. The molecule has 19 heavy (non-hydrogen) atoms. The van der Waals surface area contributed by atoms with Gasteiger partial charge in [0.25, 0.3) is 0 Å². The first kappa shape index (κ1) is 13.2. The standard InChI is InChI=1S/C10H13FN4O4/c1-6-9(15(18)19)4-12-14(6)8-2-3-13(10(16)17)5-7(8)11/h4,7-8H,2-3,5H2,1H3,(H,16,17). The third-order valence-electron chi connectivity index (χ3n) is 3.31. The van der Waals surface area contributed by atoms with Gasteiger partial charge >= 0.3 is 11.8 Å². The van der Waals surface area contributed by atoms with Crippen LogP contribution in [0.25, 0.3) is 0 Å². The van der Waals surface area contributed by atoms with Crippen molar-refractivity contribution in [2.75, 3.05) is 13.1 Å². The Kier molecular flexibility index (Phi) is 3.36. The van der Waals surface area contributed by atoms with Crippen molar-refractivity contribution in [3.8, 4) is 0 Å². The predicted molar refractivity (Wildman–Crippen MR) is 61.8 cm³/mol. The minimum atomic E-state index is -1.43. The van der Waals surface area contributed by atoms with Crippen LogP contribution in [0.15, 0.2) is 6.20 Å². The van der Waals surface area contributed by atoms with Gasteiger partial charge in [-0.3, -0.25) is 14.8 Å². The van der Waals surface area contributed by atoms with E-state index in [4.69, 9.17) is 5.11 Å². The number of carboxylic acid groups (broad SMARTS) is 1. The van der Waals surface area contributed by atoms with Crippen LogP contribution in [0.1, 0.15) is 18.2 Å². The fourth-order valence-corrected chi connectivity index (χ4v) is 2.27. The van der Waals surface area contributed by atoms with Gasteiger partial charge in [0.2, 0.25) is 0 Å². The van der Waals surface area contributed by atoms with E-state index < -0.39 is 23.2 Å². The first-order valence-electron chi connectivity index (χ1n) is 5.72. The molecule has 2 rings (SSSR count). The Balaban J connectivity index is 2.20. The second-order valence-corrected chi connectivity index (χ2v) is 4.42. The highest BCUT2D eigenvalue weighted by Crippen LogP contribution is 2.29. The molecule has 0 radical (unpaired) electrons. The van der Waals surface area contributed by atoms with Gasteiger partial charge in [-0.15, -0.1) is 0 Å². The summed E-state index contributed by atoms with van der Waals surface area (Å²) in [7, 11) is 0. The lowest BCUT2D eigenvalue weighted by molar-refractivity contribution is -0.385. The Morgan fingerprint density at radius 1 is 1.68 bits per heavy atom. The highest BCUT2D eigenvalue weighted by atomic mass is 19.1. The van der Waals surface area contributed by atoms with Crippen LogP contribution in [0.4, 0.5) is 14.9 Å². The van der Waals surface area contributed by atoms with E-state index in [1.165, 1.54) is 11.6 Å². The number of rotatable bonds is 2. The number of alkyl halides is 1. The molecule has 1 saturated heterocycles. The van der Waals surface area contributed by atoms with Crippen molar-refractivity contribution < 1.29 is 19.2 Å². The van der Waals surface area contributed by atoms with Crippen LogP contribution in [0, 0.1) is 17.0 Å². The molecule has 1 amide bonds. The normalized spacial score (nSPS) is 23.4. The molecule has 1 aliphatic heterocycles. The fraction of sp³-hybridized carbons (Fsp3) is 0.600. The number of hydrogen-bond acceptors (Lipinski definition) is 4. The molecule has 0 bridgehead atoms. The summed E-state index contributed by atoms with van der Waals surface area (Å²) in [6.45, 7) is 1.45. The van der Waals surface area contributed by atoms with Gasteiger partial charge in [-0.25, -0.2) is 9.18 Å². The monoisotopic (exact) mass is 272 g/mol. The number of hydrogen-bond donors (Lipinski definition) is 1. The maximum atomic E-state index is 14.0. The van der Waals surface area contributed by atoms with Gasteiger partial charge in [0, 0.05) is 6.54 Å². The number of aromatic nitrogens is 2. The molecule has 0 spiro atoms. The van der Waals surface area contributed by atoms with Crippen LogP contribution in [-0.2, 0) is 0 Å². The average Bonchev–Trinajstić information content (AvgIpc) is 2.71. The molecule has 1 aromatic heterocycles. The summed E-state index contributed by atoms with van der Waals surface area (Å²) in [5, 5.41) is 23.4. The van der Waals surface area contributed by atoms with Gasteiger partial charge < -0.3 is 10.0 Å². The third kappa shape index (κ3) is 2.35. The van der Waals surface area contributed by atoms with E-state index in [-0.39, 0.29) is 30.9 Å². The molecular weight excluding hydrogens is 259 g/mol. The number of nitro groups is 1. The SMILES string of the molecule is Cc1c([N+](=O)[O-])cnn1C1CCN(C(=O)O)CC1F. The minimum Gasteiger partial charge on any atom is -0.465 e. The molecule has 8 nitrogen and oxygen atoms in total. The van der Waals surface area contributed by atoms with Crippen molar-refractivity contribution in [2.24, 2.45) is 0 Å². The van der Waals surface area contributed by atoms with Crippen molar-refractivity contribution in [1.29, 1.82) is 0 Å². The van der Waals surface area contributed by atoms with Crippen LogP contribution in [0.2, 0.25) is 0 Å². The maximum Gasteiger partial charge on any atom is 0.407 e. The Hall–Kier alpha value is -2.19. The molecule has 1 N–H and O–H groups in total. The van der Waals surface area contributed by atoms with Gasteiger partial charge in [0.15, 0.2) is 0 Å². The fourth-order valence-electron chi connectivity index (χ4n) is 2.27. The van der Waals surface area contributed by atoms with E-state index in [1.54, 1.807) is 0 Å². The predicted octanol–water partition coefficient (Wildman–Crippen LogP) is 1.36. The number of amides is 1. The molecule has 1 aliphatic rings. The van der Waals surface area contributed by atoms with Crippen molar-refractivity contribution in [3.63, 3.8) is 0 Å². The van der Waals surface area contributed by atoms with E-state index in [2.05, 4.69) is 5.10 Å². The number of halogens is 1. The van der Waals surface area contributed by atoms with E-state index >= 15 is 0 Å². The summed E-state index contributed by atoms with van der Waals surface area (Å²) in [4.78, 5) is 21.9. The Labute approximate surface area is 107 Å². The van der Waals surface area contributed by atoms with Crippen molar-refractivity contribution >= 4 is 11.8 Å². The number of likely N-dealkylation sites (tertiary alicyclic amines) is 1. The van der Waals surface area contributed by atoms with Gasteiger partial charge in [0.05, 0.1) is 17.5 Å². The lowest BCUT2D eigenvalue weighted by Crippen LogP contribution is -2.45. The molecule has 2 heterocycles. The van der Waals surface area contributed by atoms with Crippen molar-refractivity contribution in [3.05, 3.63) is 22.0 Å². The van der Waals surface area contributed by atoms with Gasteiger partial charge in [0.1, 0.15) is 18.1 Å². The van der Waals surface area contributed by atoms with Crippen LogP contribution in [-0.4, -0.2) is 50.1 Å². The molecular formula is C10H13FN4O4. The van der Waals surface area contributed by atoms with Crippen molar-refractivity contribution in [2.45, 2.75) is 25.6 Å². The molecule has 2 atom stereocenters. The summed E-state index contributed by atoms with van der Waals surface area (Å²) in [5.74, 6) is 0. The van der Waals surface area contributed by atoms with E-state index in [0.717, 1.165) is 11.1 Å². The minimum absolute atomic E-state index is 0.159. The summed E-state index contributed by atoms with van der Waals surface area (Å²) in [6, 6.07) is -0.663. The lowest BCUT2D eigenvalue weighted by atomic mass is 10.0. The number of carbonyl (C=O) groups is 1. The summed E-state index contributed by atoms with van der Waals surface area (Å²) >= 11 is 0. The number of nitrogens with zero attached hydrogens (tertiary/aromatic N) is 4. The first-order valence-corrected chi connectivity index (χ1v) is 5.72. The zero-order chi connectivity index (χ0) is 14.2. The molecule has 0 aromatic carbocycles. The van der Waals surface area contributed by atoms with E-state index in [1.807, 2.05) is 0 Å². The zero-order valence-corrected chi connectivity index (χ0v) is 10.2. The number of piperidine rings is 1. The molecule has 1 fully saturated rings. The summed E-state index contributed by atoms with van der Waals surface area (Å²) < 4.78 is 15.3. The molecule has 9 heteroatoms. The Morgan fingerprint density at radius 3 is 2.84 bits per heavy atom. The second-order valence-electron chi connectivity index (χ2n) is 4.42. The second kappa shape index (κ2) is 4.82. The largest absolute Gasteiger partial charge is 0.465 e. The van der Waals surface area contributed by atoms with Crippen LogP contribution in [0.3, 0.4) is 0 Å². The highest BCUT2D eigenvalue weighted by molar-refractivity contribution is 5.65. The summed E-state index contributed by atoms with van der Waals surface area (Å²) in [6.07, 6.45) is -1.26. The van der Waals surface area contributed by atoms with Gasteiger partial charge in [-0.1, -0.05) is 0 Å². The maximum absolute atomic E-state index is 14.0. The lowest BCUT2D eigenvalue weighted by Gasteiger charge is -2.33. The highest BCUT2D eigenvalue weighted by Gasteiger charge is 2.35. The average molecular weight is 272 g/mol. The van der Waals surface area contributed by atoms with E-state index in [9.17, 15) is 19.3 Å². The molecule has 0 aliphatic carbocycles. The van der Waals surface area contributed by atoms with E-state index in [0.29, 0.717) is 0 Å². The molecule has 104 valence electrons. The van der Waals surface area contributed by atoms with Crippen LogP contribution >= 0.6 is 0 Å². The smallest absolute Gasteiger partial charge is 0.407 e. The van der Waals surface area contributed by atoms with Crippen LogP contribution in [0.5, 0.6) is 0 Å². The molecule has 0 saturated carbocycles. The Bertz CT molecular complexity index is 518.